The molecule has 0 aliphatic heterocycles. The van der Waals surface area contributed by atoms with E-state index in [2.05, 4.69) is 29.6 Å². The maximum absolute atomic E-state index is 11.7. The van der Waals surface area contributed by atoms with Crippen molar-refractivity contribution in [3.05, 3.63) is 35.9 Å². The highest BCUT2D eigenvalue weighted by molar-refractivity contribution is 5.86. The van der Waals surface area contributed by atoms with E-state index >= 15 is 0 Å². The normalized spacial score (nSPS) is 11.7. The lowest BCUT2D eigenvalue weighted by Gasteiger charge is -2.14. The Bertz CT molecular complexity index is 463. The van der Waals surface area contributed by atoms with Gasteiger partial charge in [-0.2, -0.15) is 0 Å². The predicted octanol–water partition coefficient (Wildman–Crippen LogP) is 2.97. The van der Waals surface area contributed by atoms with Gasteiger partial charge in [-0.25, -0.2) is 5.48 Å². The van der Waals surface area contributed by atoms with Gasteiger partial charge in [0.25, 0.3) is 5.91 Å². The van der Waals surface area contributed by atoms with Gasteiger partial charge in [-0.1, -0.05) is 56.5 Å². The Labute approximate surface area is 138 Å². The molecule has 0 fully saturated rings. The zero-order valence-corrected chi connectivity index (χ0v) is 13.9. The molecule has 1 rings (SSSR count). The quantitative estimate of drug-likeness (QED) is 0.333. The maximum atomic E-state index is 11.7. The van der Waals surface area contributed by atoms with Crippen LogP contribution in [0.25, 0.3) is 0 Å². The minimum Gasteiger partial charge on any atom is -0.344 e. The van der Waals surface area contributed by atoms with Crippen LogP contribution in [0.4, 0.5) is 0 Å². The number of hydrogen-bond donors (Lipinski definition) is 3. The van der Waals surface area contributed by atoms with E-state index < -0.39 is 11.9 Å². The second-order valence-corrected chi connectivity index (χ2v) is 5.76. The largest absolute Gasteiger partial charge is 0.344 e. The minimum absolute atomic E-state index is 0.135. The monoisotopic (exact) mass is 320 g/mol. The van der Waals surface area contributed by atoms with Gasteiger partial charge in [0.15, 0.2) is 0 Å². The van der Waals surface area contributed by atoms with Crippen LogP contribution in [0, 0.1) is 0 Å². The van der Waals surface area contributed by atoms with E-state index in [9.17, 15) is 9.59 Å². The van der Waals surface area contributed by atoms with Crippen LogP contribution in [0.3, 0.4) is 0 Å². The third-order valence-corrected chi connectivity index (χ3v) is 3.88. The van der Waals surface area contributed by atoms with E-state index in [0.717, 1.165) is 25.7 Å². The molecule has 0 spiro atoms. The Morgan fingerprint density at radius 1 is 1.04 bits per heavy atom. The second-order valence-electron chi connectivity index (χ2n) is 5.76. The summed E-state index contributed by atoms with van der Waals surface area (Å²) < 4.78 is 0. The highest BCUT2D eigenvalue weighted by atomic mass is 16.5. The van der Waals surface area contributed by atoms with Gasteiger partial charge in [0.05, 0.1) is 0 Å². The molecule has 1 aromatic carbocycles. The topological polar surface area (TPSA) is 78.4 Å². The summed E-state index contributed by atoms with van der Waals surface area (Å²) >= 11 is 0. The number of benzene rings is 1. The Morgan fingerprint density at radius 2 is 1.70 bits per heavy atom. The van der Waals surface area contributed by atoms with Crippen LogP contribution < -0.4 is 10.8 Å². The lowest BCUT2D eigenvalue weighted by atomic mass is 10.0. The SMILES string of the molecule is CC[C@@H](NC(=O)CCCCCCCc1ccccc1)C(=O)NO. The fourth-order valence-electron chi connectivity index (χ4n) is 2.49. The molecule has 0 aliphatic rings. The van der Waals surface area contributed by atoms with E-state index in [0.29, 0.717) is 12.8 Å². The molecule has 0 unspecified atom stereocenters. The number of nitrogens with one attached hydrogen (secondary N) is 2. The van der Waals surface area contributed by atoms with Crippen LogP contribution in [0.2, 0.25) is 0 Å². The molecule has 0 bridgehead atoms. The summed E-state index contributed by atoms with van der Waals surface area (Å²) in [6.45, 7) is 1.78. The summed E-state index contributed by atoms with van der Waals surface area (Å²) in [7, 11) is 0. The van der Waals surface area contributed by atoms with Crippen molar-refractivity contribution in [2.75, 3.05) is 0 Å². The van der Waals surface area contributed by atoms with Gasteiger partial charge in [0.2, 0.25) is 5.91 Å². The maximum Gasteiger partial charge on any atom is 0.265 e. The Hall–Kier alpha value is -1.88. The van der Waals surface area contributed by atoms with Crippen LogP contribution in [-0.4, -0.2) is 23.1 Å². The van der Waals surface area contributed by atoms with Crippen molar-refractivity contribution in [1.82, 2.24) is 10.8 Å². The number of carbonyl (C=O) groups excluding carboxylic acids is 2. The van der Waals surface area contributed by atoms with Crippen LogP contribution in [0.1, 0.15) is 57.4 Å². The Kier molecular flexibility index (Phi) is 9.71. The van der Waals surface area contributed by atoms with Gasteiger partial charge in [-0.05, 0) is 31.2 Å². The Balaban J connectivity index is 2.03. The minimum atomic E-state index is -0.654. The van der Waals surface area contributed by atoms with Crippen molar-refractivity contribution in [3.63, 3.8) is 0 Å². The fourth-order valence-corrected chi connectivity index (χ4v) is 2.49. The Morgan fingerprint density at radius 3 is 2.35 bits per heavy atom. The molecule has 0 saturated carbocycles. The summed E-state index contributed by atoms with van der Waals surface area (Å²) in [4.78, 5) is 23.0. The zero-order chi connectivity index (χ0) is 16.9. The van der Waals surface area contributed by atoms with Crippen LogP contribution in [0.15, 0.2) is 30.3 Å². The highest BCUT2D eigenvalue weighted by Crippen LogP contribution is 2.09. The number of rotatable bonds is 11. The summed E-state index contributed by atoms with van der Waals surface area (Å²) in [5.41, 5.74) is 2.95. The van der Waals surface area contributed by atoms with Gasteiger partial charge < -0.3 is 5.32 Å². The number of carbonyl (C=O) groups is 2. The molecule has 5 heteroatoms. The van der Waals surface area contributed by atoms with Gasteiger partial charge >= 0.3 is 0 Å². The van der Waals surface area contributed by atoms with Gasteiger partial charge in [-0.15, -0.1) is 0 Å². The summed E-state index contributed by atoms with van der Waals surface area (Å²) in [6.07, 6.45) is 7.29. The first kappa shape index (κ1) is 19.2. The average molecular weight is 320 g/mol. The standard InChI is InChI=1S/C18H28N2O3/c1-2-16(18(22)20-23)19-17(21)14-10-5-3-4-7-11-15-12-8-6-9-13-15/h6,8-9,12-13,16,23H,2-5,7,10-11,14H2,1H3,(H,19,21)(H,20,22)/t16-/m1/s1. The third kappa shape index (κ3) is 8.35. The van der Waals surface area contributed by atoms with Crippen molar-refractivity contribution in [2.24, 2.45) is 0 Å². The van der Waals surface area contributed by atoms with E-state index in [1.807, 2.05) is 6.07 Å². The molecule has 5 nitrogen and oxygen atoms in total. The molecule has 2 amide bonds. The van der Waals surface area contributed by atoms with Gasteiger partial charge in [-0.3, -0.25) is 14.8 Å². The van der Waals surface area contributed by atoms with Crippen LogP contribution in [-0.2, 0) is 16.0 Å². The van der Waals surface area contributed by atoms with E-state index in [4.69, 9.17) is 5.21 Å². The lowest BCUT2D eigenvalue weighted by Crippen LogP contribution is -2.45. The predicted molar refractivity (Wildman–Crippen MR) is 90.0 cm³/mol. The molecule has 0 saturated heterocycles. The fraction of sp³-hybridized carbons (Fsp3) is 0.556. The molecule has 3 N–H and O–H groups in total. The molecular formula is C18H28N2O3. The molecule has 128 valence electrons. The average Bonchev–Trinajstić information content (AvgIpc) is 2.59. The molecular weight excluding hydrogens is 292 g/mol. The first-order valence-electron chi connectivity index (χ1n) is 8.44. The number of unbranched alkanes of at least 4 members (excludes halogenated alkanes) is 4. The van der Waals surface area contributed by atoms with Gasteiger partial charge in [0.1, 0.15) is 6.04 Å². The smallest absolute Gasteiger partial charge is 0.265 e. The zero-order valence-electron chi connectivity index (χ0n) is 13.9. The molecule has 1 atom stereocenters. The molecule has 0 heterocycles. The molecule has 1 aromatic rings. The number of hydroxylamine groups is 1. The van der Waals surface area contributed by atoms with Crippen molar-refractivity contribution < 1.29 is 14.8 Å². The molecule has 0 aromatic heterocycles. The first-order chi connectivity index (χ1) is 11.2. The summed E-state index contributed by atoms with van der Waals surface area (Å²) in [5.74, 6) is -0.702. The van der Waals surface area contributed by atoms with Crippen molar-refractivity contribution >= 4 is 11.8 Å². The molecule has 0 aliphatic carbocycles. The van der Waals surface area contributed by atoms with Crippen molar-refractivity contribution in [2.45, 2.75) is 64.3 Å². The van der Waals surface area contributed by atoms with Crippen LogP contribution >= 0.6 is 0 Å². The van der Waals surface area contributed by atoms with E-state index in [1.54, 1.807) is 12.4 Å². The van der Waals surface area contributed by atoms with Gasteiger partial charge in [0, 0.05) is 6.42 Å². The lowest BCUT2D eigenvalue weighted by molar-refractivity contribution is -0.134. The van der Waals surface area contributed by atoms with E-state index in [1.165, 1.54) is 18.4 Å². The number of amides is 2. The molecule has 23 heavy (non-hydrogen) atoms. The molecule has 0 radical (unpaired) electrons. The van der Waals surface area contributed by atoms with Crippen LogP contribution in [0.5, 0.6) is 0 Å². The summed E-state index contributed by atoms with van der Waals surface area (Å²) in [5, 5.41) is 11.2. The van der Waals surface area contributed by atoms with E-state index in [-0.39, 0.29) is 5.91 Å². The highest BCUT2D eigenvalue weighted by Gasteiger charge is 2.17. The summed E-state index contributed by atoms with van der Waals surface area (Å²) in [6, 6.07) is 9.80. The number of aryl methyl sites for hydroxylation is 1. The van der Waals surface area contributed by atoms with Crippen molar-refractivity contribution in [1.29, 1.82) is 0 Å². The van der Waals surface area contributed by atoms with Crippen molar-refractivity contribution in [3.8, 4) is 0 Å². The third-order valence-electron chi connectivity index (χ3n) is 3.88. The first-order valence-corrected chi connectivity index (χ1v) is 8.44. The number of hydrogen-bond acceptors (Lipinski definition) is 3. The second kappa shape index (κ2) is 11.7.